The highest BCUT2D eigenvalue weighted by Gasteiger charge is 2.45. The Morgan fingerprint density at radius 3 is 2.14 bits per heavy atom. The van der Waals surface area contributed by atoms with Crippen molar-refractivity contribution in [2.75, 3.05) is 59.3 Å². The molecule has 12 nitrogen and oxygen atoms in total. The number of benzene rings is 1. The third-order valence-electron chi connectivity index (χ3n) is 11.3. The van der Waals surface area contributed by atoms with E-state index in [4.69, 9.17) is 18.2 Å². The van der Waals surface area contributed by atoms with E-state index in [1.807, 2.05) is 6.07 Å². The lowest BCUT2D eigenvalue weighted by molar-refractivity contribution is -0.139. The Bertz CT molecular complexity index is 1510. The number of nitrogens with one attached hydrogen (secondary N) is 1. The first kappa shape index (κ1) is 52.4. The molecule has 3 amide bonds. The average molecular weight is 864 g/mol. The van der Waals surface area contributed by atoms with Crippen molar-refractivity contribution in [3.05, 3.63) is 29.3 Å². The van der Waals surface area contributed by atoms with E-state index in [1.54, 1.807) is 30.9 Å². The predicted molar refractivity (Wildman–Crippen MR) is 239 cm³/mol. The molecule has 0 bridgehead atoms. The largest absolute Gasteiger partial charge is 0.491 e. The molecule has 1 heterocycles. The number of unbranched alkanes of at least 4 members (excludes halogenated alkanes) is 8. The molecular weight excluding hydrogens is 786 g/mol. The molecule has 59 heavy (non-hydrogen) atoms. The van der Waals surface area contributed by atoms with E-state index in [0.29, 0.717) is 40.9 Å². The second-order valence-electron chi connectivity index (χ2n) is 16.8. The quantitative estimate of drug-likeness (QED) is 0.0365. The van der Waals surface area contributed by atoms with Crippen LogP contribution in [0.1, 0.15) is 149 Å². The van der Waals surface area contributed by atoms with Gasteiger partial charge in [0, 0.05) is 25.6 Å². The van der Waals surface area contributed by atoms with Crippen LogP contribution >= 0.6 is 7.60 Å². The molecule has 1 aliphatic heterocycles. The third-order valence-corrected chi connectivity index (χ3v) is 19.4. The van der Waals surface area contributed by atoms with Gasteiger partial charge in [-0.3, -0.25) is 18.9 Å². The lowest BCUT2D eigenvalue weighted by atomic mass is 10.1. The number of amides is 3. The summed E-state index contributed by atoms with van der Waals surface area (Å²) in [5.41, 5.74) is 2.07. The van der Waals surface area contributed by atoms with Gasteiger partial charge in [0.1, 0.15) is 18.5 Å². The number of ether oxygens (including phenoxy) is 1. The molecule has 1 aromatic carbocycles. The van der Waals surface area contributed by atoms with Crippen LogP contribution in [-0.2, 0) is 27.6 Å². The topological polar surface area (TPSA) is 144 Å². The smallest absolute Gasteiger partial charge is 0.340 e. The fraction of sp³-hybridized carbons (Fsp3) is 0.756. The zero-order valence-corrected chi connectivity index (χ0v) is 40.0. The molecule has 336 valence electrons. The van der Waals surface area contributed by atoms with Crippen molar-refractivity contribution in [3.63, 3.8) is 0 Å². The molecule has 0 saturated carbocycles. The van der Waals surface area contributed by atoms with Crippen LogP contribution in [0.5, 0.6) is 5.75 Å². The number of aliphatic hydroxyl groups is 1. The number of aliphatic hydroxyl groups excluding tert-OH is 1. The van der Waals surface area contributed by atoms with Gasteiger partial charge in [0.25, 0.3) is 5.91 Å². The maximum absolute atomic E-state index is 13.9. The van der Waals surface area contributed by atoms with Gasteiger partial charge in [-0.2, -0.15) is 0 Å². The summed E-state index contributed by atoms with van der Waals surface area (Å²) in [5, 5.41) is 13.4. The zero-order valence-electron chi connectivity index (χ0n) is 38.1. The molecular formula is C45H78N3O9PSi. The molecule has 14 heteroatoms. The fourth-order valence-corrected chi connectivity index (χ4v) is 15.4. The van der Waals surface area contributed by atoms with Crippen LogP contribution in [0.2, 0.25) is 16.6 Å². The van der Waals surface area contributed by atoms with Crippen LogP contribution in [0.25, 0.3) is 0 Å². The third kappa shape index (κ3) is 16.9. The molecule has 1 saturated heterocycles. The Balaban J connectivity index is 2.24. The van der Waals surface area contributed by atoms with Gasteiger partial charge >= 0.3 is 7.60 Å². The highest BCUT2D eigenvalue weighted by atomic mass is 31.2. The summed E-state index contributed by atoms with van der Waals surface area (Å²) in [6, 6.07) is 4.38. The Morgan fingerprint density at radius 2 is 1.56 bits per heavy atom. The number of hydrogen-bond acceptors (Lipinski definition) is 9. The Hall–Kier alpha value is -2.72. The number of likely N-dealkylation sites (tertiary alicyclic amines) is 1. The van der Waals surface area contributed by atoms with Crippen LogP contribution in [0.4, 0.5) is 0 Å². The van der Waals surface area contributed by atoms with Gasteiger partial charge in [-0.1, -0.05) is 105 Å². The molecule has 2 atom stereocenters. The molecule has 0 unspecified atom stereocenters. The summed E-state index contributed by atoms with van der Waals surface area (Å²) in [4.78, 5) is 43.4. The second-order valence-corrected chi connectivity index (χ2v) is 24.3. The minimum absolute atomic E-state index is 0.126. The summed E-state index contributed by atoms with van der Waals surface area (Å²) < 4.78 is 36.6. The van der Waals surface area contributed by atoms with E-state index >= 15 is 0 Å². The van der Waals surface area contributed by atoms with Gasteiger partial charge in [-0.15, -0.1) is 0 Å². The minimum atomic E-state index is -3.62. The Labute approximate surface area is 357 Å². The molecule has 2 rings (SSSR count). The van der Waals surface area contributed by atoms with Crippen molar-refractivity contribution in [3.8, 4) is 17.6 Å². The summed E-state index contributed by atoms with van der Waals surface area (Å²) in [7, 11) is -4.37. The van der Waals surface area contributed by atoms with E-state index in [-0.39, 0.29) is 51.5 Å². The van der Waals surface area contributed by atoms with Gasteiger partial charge in [0.15, 0.2) is 8.32 Å². The summed E-state index contributed by atoms with van der Waals surface area (Å²) in [6.45, 7) is 19.4. The minimum Gasteiger partial charge on any atom is -0.491 e. The summed E-state index contributed by atoms with van der Waals surface area (Å²) in [6.07, 6.45) is 11.6. The van der Waals surface area contributed by atoms with Crippen LogP contribution < -0.4 is 10.1 Å². The van der Waals surface area contributed by atoms with Crippen molar-refractivity contribution in [1.29, 1.82) is 0 Å². The molecule has 2 N–H and O–H groups in total. The van der Waals surface area contributed by atoms with Crippen LogP contribution in [0, 0.1) is 11.8 Å². The maximum atomic E-state index is 13.9. The first-order valence-corrected chi connectivity index (χ1v) is 26.2. The average Bonchev–Trinajstić information content (AvgIpc) is 3.66. The lowest BCUT2D eigenvalue weighted by Gasteiger charge is -2.43. The molecule has 1 aromatic rings. The zero-order chi connectivity index (χ0) is 44.0. The number of rotatable bonds is 28. The monoisotopic (exact) mass is 864 g/mol. The van der Waals surface area contributed by atoms with E-state index in [0.717, 1.165) is 31.2 Å². The van der Waals surface area contributed by atoms with Crippen molar-refractivity contribution in [1.82, 2.24) is 15.1 Å². The summed E-state index contributed by atoms with van der Waals surface area (Å²) >= 11 is 0. The maximum Gasteiger partial charge on any atom is 0.340 e. The molecule has 0 spiro atoms. The van der Waals surface area contributed by atoms with E-state index in [2.05, 4.69) is 65.6 Å². The van der Waals surface area contributed by atoms with Crippen LogP contribution in [0.15, 0.2) is 18.2 Å². The SMILES string of the molecule is CCCCCCCCCCC#Cc1ccc(C(=O)N[C@H](CO)CO[Si](C(C)C)(C(C)C)C(C)C)c(OC[C@@H]2CCCN2C(=O)CN(C)C(=O)CP(=O)(OCC)OCC)c1. The Morgan fingerprint density at radius 1 is 0.949 bits per heavy atom. The van der Waals surface area contributed by atoms with Gasteiger partial charge < -0.3 is 38.4 Å². The van der Waals surface area contributed by atoms with E-state index in [9.17, 15) is 24.1 Å². The van der Waals surface area contributed by atoms with Crippen molar-refractivity contribution in [2.45, 2.75) is 162 Å². The fourth-order valence-electron chi connectivity index (χ4n) is 8.28. The van der Waals surface area contributed by atoms with Gasteiger partial charge in [0.2, 0.25) is 11.8 Å². The Kier molecular flexibility index (Phi) is 24.2. The number of hydrogen-bond donors (Lipinski definition) is 2. The number of likely N-dealkylation sites (N-methyl/N-ethyl adjacent to an activating group) is 1. The van der Waals surface area contributed by atoms with E-state index in [1.165, 1.54) is 50.5 Å². The second kappa shape index (κ2) is 27.3. The predicted octanol–water partition coefficient (Wildman–Crippen LogP) is 8.95. The number of carbonyl (C=O) groups is 3. The van der Waals surface area contributed by atoms with Crippen molar-refractivity contribution in [2.24, 2.45) is 0 Å². The standard InChI is InChI=1S/C45H78N3O9PSi/c1-11-14-15-16-17-18-19-20-21-22-24-38-26-27-41(45(52)46-39(31-49)32-57-59(35(4)5,36(6)7)37(8)9)42(29-38)54-33-40-25-23-28-48(40)43(50)30-47(10)44(51)34-58(53,55-12-2)56-13-3/h26-27,29,35-37,39-40,49H,11-21,23,25,28,30-34H2,1-10H3,(H,46,52)/t39-,40+/m1/s1. The van der Waals surface area contributed by atoms with Gasteiger partial charge in [-0.05, 0) is 67.9 Å². The lowest BCUT2D eigenvalue weighted by Crippen LogP contribution is -2.51. The van der Waals surface area contributed by atoms with Gasteiger partial charge in [-0.25, -0.2) is 0 Å². The number of carbonyl (C=O) groups excluding carboxylic acids is 3. The highest BCUT2D eigenvalue weighted by Crippen LogP contribution is 2.48. The van der Waals surface area contributed by atoms with Gasteiger partial charge in [0.05, 0.1) is 50.6 Å². The normalized spacial score (nSPS) is 15.1. The summed E-state index contributed by atoms with van der Waals surface area (Å²) in [5.74, 6) is 5.71. The first-order chi connectivity index (χ1) is 28.1. The van der Waals surface area contributed by atoms with Crippen molar-refractivity contribution >= 4 is 33.6 Å². The molecule has 1 fully saturated rings. The number of nitrogens with zero attached hydrogens (tertiary/aromatic N) is 2. The van der Waals surface area contributed by atoms with Crippen LogP contribution in [0.3, 0.4) is 0 Å². The van der Waals surface area contributed by atoms with Crippen LogP contribution in [-0.4, -0.2) is 112 Å². The van der Waals surface area contributed by atoms with Crippen molar-refractivity contribution < 1.29 is 42.3 Å². The molecule has 0 aliphatic carbocycles. The van der Waals surface area contributed by atoms with E-state index < -0.39 is 39.9 Å². The highest BCUT2D eigenvalue weighted by molar-refractivity contribution is 7.54. The molecule has 0 aromatic heterocycles. The first-order valence-electron chi connectivity index (χ1n) is 22.3. The molecule has 0 radical (unpaired) electrons. The molecule has 1 aliphatic rings.